The standard InChI is InChI=1S/C26H28N2O5/c29-22(27-26(23(30)31)14-7-15-26)25(12-5-6-13-25)28-24(32)33-16-21-19-10-3-1-8-17(19)18-9-2-4-11-20(18)21/h1-4,8-11,21H,5-7,12-16H2,(H,27,29)(H,28,32)(H,30,31). The highest BCUT2D eigenvalue weighted by molar-refractivity contribution is 5.95. The number of rotatable bonds is 6. The van der Waals surface area contributed by atoms with E-state index in [2.05, 4.69) is 34.9 Å². The maximum absolute atomic E-state index is 13.2. The van der Waals surface area contributed by atoms with Crippen LogP contribution in [0.25, 0.3) is 11.1 Å². The van der Waals surface area contributed by atoms with Crippen molar-refractivity contribution in [2.24, 2.45) is 0 Å². The fourth-order valence-electron chi connectivity index (χ4n) is 5.48. The molecule has 3 N–H and O–H groups in total. The Kier molecular flexibility index (Phi) is 5.35. The number of alkyl carbamates (subject to hydrolysis) is 1. The molecule has 0 bridgehead atoms. The summed E-state index contributed by atoms with van der Waals surface area (Å²) in [6, 6.07) is 16.2. The van der Waals surface area contributed by atoms with Crippen LogP contribution in [0.5, 0.6) is 0 Å². The molecule has 2 aromatic carbocycles. The van der Waals surface area contributed by atoms with Gasteiger partial charge in [0.25, 0.3) is 0 Å². The van der Waals surface area contributed by atoms with Gasteiger partial charge in [0.05, 0.1) is 0 Å². The van der Waals surface area contributed by atoms with Gasteiger partial charge in [-0.3, -0.25) is 4.79 Å². The van der Waals surface area contributed by atoms with Crippen molar-refractivity contribution in [2.45, 2.75) is 61.9 Å². The van der Waals surface area contributed by atoms with Gasteiger partial charge in [-0.25, -0.2) is 9.59 Å². The van der Waals surface area contributed by atoms with Gasteiger partial charge < -0.3 is 20.5 Å². The van der Waals surface area contributed by atoms with Crippen molar-refractivity contribution >= 4 is 18.0 Å². The summed E-state index contributed by atoms with van der Waals surface area (Å²) >= 11 is 0. The highest BCUT2D eigenvalue weighted by Gasteiger charge is 2.51. The zero-order valence-electron chi connectivity index (χ0n) is 18.4. The number of carboxylic acid groups (broad SMARTS) is 1. The van der Waals surface area contributed by atoms with Crippen molar-refractivity contribution in [3.63, 3.8) is 0 Å². The average molecular weight is 449 g/mol. The highest BCUT2D eigenvalue weighted by atomic mass is 16.5. The number of aliphatic carboxylic acids is 1. The zero-order chi connectivity index (χ0) is 23.1. The molecular formula is C26H28N2O5. The second kappa shape index (κ2) is 8.21. The van der Waals surface area contributed by atoms with Crippen molar-refractivity contribution in [3.8, 4) is 11.1 Å². The molecule has 5 rings (SSSR count). The van der Waals surface area contributed by atoms with Crippen molar-refractivity contribution in [1.82, 2.24) is 10.6 Å². The van der Waals surface area contributed by atoms with Crippen LogP contribution in [0.4, 0.5) is 4.79 Å². The molecule has 2 fully saturated rings. The molecule has 3 aliphatic carbocycles. The molecule has 33 heavy (non-hydrogen) atoms. The molecule has 0 unspecified atom stereocenters. The van der Waals surface area contributed by atoms with Gasteiger partial charge in [-0.2, -0.15) is 0 Å². The first-order valence-corrected chi connectivity index (χ1v) is 11.6. The lowest BCUT2D eigenvalue weighted by molar-refractivity contribution is -0.153. The molecule has 2 aromatic rings. The van der Waals surface area contributed by atoms with E-state index in [1.54, 1.807) is 0 Å². The van der Waals surface area contributed by atoms with Crippen LogP contribution in [0.1, 0.15) is 62.0 Å². The van der Waals surface area contributed by atoms with E-state index in [0.29, 0.717) is 25.7 Å². The molecule has 0 aliphatic heterocycles. The van der Waals surface area contributed by atoms with Gasteiger partial charge in [0.15, 0.2) is 0 Å². The first-order chi connectivity index (χ1) is 15.9. The quantitative estimate of drug-likeness (QED) is 0.620. The van der Waals surface area contributed by atoms with E-state index < -0.39 is 29.0 Å². The smallest absolute Gasteiger partial charge is 0.408 e. The molecule has 7 heteroatoms. The molecule has 0 aromatic heterocycles. The SMILES string of the molecule is O=C(NC1(C(=O)NC2(C(=O)O)CCC2)CCCC1)OCC1c2ccccc2-c2ccccc21. The lowest BCUT2D eigenvalue weighted by Gasteiger charge is -2.41. The van der Waals surface area contributed by atoms with Gasteiger partial charge in [0.1, 0.15) is 17.7 Å². The Bertz CT molecular complexity index is 1060. The first kappa shape index (κ1) is 21.5. The number of carbonyl (C=O) groups excluding carboxylic acids is 2. The van der Waals surface area contributed by atoms with E-state index in [9.17, 15) is 19.5 Å². The topological polar surface area (TPSA) is 105 Å². The van der Waals surface area contributed by atoms with E-state index in [1.807, 2.05) is 24.3 Å². The van der Waals surface area contributed by atoms with E-state index in [0.717, 1.165) is 41.5 Å². The third kappa shape index (κ3) is 3.65. The van der Waals surface area contributed by atoms with Gasteiger partial charge in [-0.15, -0.1) is 0 Å². The maximum atomic E-state index is 13.2. The molecule has 172 valence electrons. The Morgan fingerprint density at radius 3 is 1.88 bits per heavy atom. The van der Waals surface area contributed by atoms with Gasteiger partial charge >= 0.3 is 12.1 Å². The fourth-order valence-corrected chi connectivity index (χ4v) is 5.48. The van der Waals surface area contributed by atoms with E-state index in [-0.39, 0.29) is 12.5 Å². The second-order valence-electron chi connectivity index (χ2n) is 9.43. The Morgan fingerprint density at radius 2 is 1.36 bits per heavy atom. The number of ether oxygens (including phenoxy) is 1. The van der Waals surface area contributed by atoms with Crippen LogP contribution in [0.15, 0.2) is 48.5 Å². The maximum Gasteiger partial charge on any atom is 0.408 e. The lowest BCUT2D eigenvalue weighted by atomic mass is 9.76. The van der Waals surface area contributed by atoms with Crippen molar-refractivity contribution in [3.05, 3.63) is 59.7 Å². The molecule has 0 heterocycles. The van der Waals surface area contributed by atoms with Crippen LogP contribution in [-0.2, 0) is 14.3 Å². The summed E-state index contributed by atoms with van der Waals surface area (Å²) in [5.41, 5.74) is 2.19. The van der Waals surface area contributed by atoms with E-state index in [1.165, 1.54) is 0 Å². The number of carbonyl (C=O) groups is 3. The first-order valence-electron chi connectivity index (χ1n) is 11.6. The molecule has 7 nitrogen and oxygen atoms in total. The molecule has 0 spiro atoms. The van der Waals surface area contributed by atoms with Gasteiger partial charge in [0.2, 0.25) is 5.91 Å². The van der Waals surface area contributed by atoms with Gasteiger partial charge in [-0.1, -0.05) is 61.4 Å². The predicted octanol–water partition coefficient (Wildman–Crippen LogP) is 3.96. The van der Waals surface area contributed by atoms with Crippen molar-refractivity contribution in [2.75, 3.05) is 6.61 Å². The van der Waals surface area contributed by atoms with Crippen molar-refractivity contribution in [1.29, 1.82) is 0 Å². The number of amides is 2. The van der Waals surface area contributed by atoms with Gasteiger partial charge in [0, 0.05) is 5.92 Å². The molecule has 0 atom stereocenters. The summed E-state index contributed by atoms with van der Waals surface area (Å²) in [6.07, 6.45) is 3.46. The van der Waals surface area contributed by atoms with Crippen LogP contribution in [0.2, 0.25) is 0 Å². The molecule has 2 saturated carbocycles. The summed E-state index contributed by atoms with van der Waals surface area (Å²) in [7, 11) is 0. The predicted molar refractivity (Wildman–Crippen MR) is 122 cm³/mol. The van der Waals surface area contributed by atoms with Crippen LogP contribution in [-0.4, -0.2) is 40.8 Å². The van der Waals surface area contributed by atoms with Crippen LogP contribution >= 0.6 is 0 Å². The molecule has 2 amide bonds. The van der Waals surface area contributed by atoms with E-state index >= 15 is 0 Å². The van der Waals surface area contributed by atoms with Crippen LogP contribution in [0.3, 0.4) is 0 Å². The summed E-state index contributed by atoms with van der Waals surface area (Å²) in [4.78, 5) is 37.7. The van der Waals surface area contributed by atoms with Crippen molar-refractivity contribution < 1.29 is 24.2 Å². The van der Waals surface area contributed by atoms with Crippen LogP contribution in [0, 0.1) is 0 Å². The molecular weight excluding hydrogens is 420 g/mol. The number of fused-ring (bicyclic) bond motifs is 3. The Labute approximate surface area is 192 Å². The average Bonchev–Trinajstić information content (AvgIpc) is 3.38. The van der Waals surface area contributed by atoms with Crippen LogP contribution < -0.4 is 10.6 Å². The summed E-state index contributed by atoms with van der Waals surface area (Å²) in [6.45, 7) is 0.163. The number of hydrogen-bond donors (Lipinski definition) is 3. The fraction of sp³-hybridized carbons (Fsp3) is 0.423. The monoisotopic (exact) mass is 448 g/mol. The Hall–Kier alpha value is -3.35. The number of nitrogens with one attached hydrogen (secondary N) is 2. The number of carboxylic acids is 1. The molecule has 3 aliphatic rings. The second-order valence-corrected chi connectivity index (χ2v) is 9.43. The largest absolute Gasteiger partial charge is 0.480 e. The van der Waals surface area contributed by atoms with Gasteiger partial charge in [-0.05, 0) is 54.4 Å². The highest BCUT2D eigenvalue weighted by Crippen LogP contribution is 2.44. The minimum Gasteiger partial charge on any atom is -0.480 e. The molecule has 0 radical (unpaired) electrons. The van der Waals surface area contributed by atoms with E-state index in [4.69, 9.17) is 4.74 Å². The molecule has 0 saturated heterocycles. The normalized spacial score (nSPS) is 19.6. The zero-order valence-corrected chi connectivity index (χ0v) is 18.4. The third-order valence-electron chi connectivity index (χ3n) is 7.55. The minimum absolute atomic E-state index is 0.0678. The number of hydrogen-bond acceptors (Lipinski definition) is 4. The summed E-state index contributed by atoms with van der Waals surface area (Å²) in [5, 5.41) is 15.1. The summed E-state index contributed by atoms with van der Waals surface area (Å²) < 4.78 is 5.65. The summed E-state index contributed by atoms with van der Waals surface area (Å²) in [5.74, 6) is -1.51. The number of benzene rings is 2. The lowest BCUT2D eigenvalue weighted by Crippen LogP contribution is -2.66. The minimum atomic E-state index is -1.21. The third-order valence-corrected chi connectivity index (χ3v) is 7.55. The Morgan fingerprint density at radius 1 is 0.818 bits per heavy atom. The Balaban J connectivity index is 1.28.